The number of rotatable bonds is 3. The lowest BCUT2D eigenvalue weighted by Crippen LogP contribution is -2.15. The summed E-state index contributed by atoms with van der Waals surface area (Å²) in [6.45, 7) is 4.57. The van der Waals surface area contributed by atoms with E-state index < -0.39 is 0 Å². The molecular weight excluding hydrogens is 134 g/mol. The third kappa shape index (κ3) is 2.39. The van der Waals surface area contributed by atoms with Gasteiger partial charge in [-0.15, -0.1) is 0 Å². The van der Waals surface area contributed by atoms with Crippen LogP contribution in [0.25, 0.3) is 0 Å². The van der Waals surface area contributed by atoms with Crippen LogP contribution in [-0.2, 0) is 4.74 Å². The van der Waals surface area contributed by atoms with E-state index in [1.165, 1.54) is 0 Å². The molecule has 0 aromatic rings. The Morgan fingerprint density at radius 3 is 3.22 bits per heavy atom. The minimum absolute atomic E-state index is 0.744. The van der Waals surface area contributed by atoms with Crippen molar-refractivity contribution in [2.45, 2.75) is 6.92 Å². The Morgan fingerprint density at radius 1 is 1.78 bits per heavy atom. The Labute approximate surface area is 60.0 Å². The van der Waals surface area contributed by atoms with Gasteiger partial charge in [-0.2, -0.15) is 0 Å². The van der Waals surface area contributed by atoms with Crippen LogP contribution in [0.1, 0.15) is 6.92 Å². The lowest BCUT2D eigenvalue weighted by Gasteiger charge is -2.11. The highest BCUT2D eigenvalue weighted by Crippen LogP contribution is 2.16. The summed E-state index contributed by atoms with van der Waals surface area (Å²) in [7, 11) is 0. The molecule has 0 bridgehead atoms. The maximum absolute atomic E-state index is 5.18. The van der Waals surface area contributed by atoms with Gasteiger partial charge in [-0.3, -0.25) is 0 Å². The van der Waals surface area contributed by atoms with Crippen molar-refractivity contribution in [2.75, 3.05) is 19.9 Å². The first-order valence-corrected chi connectivity index (χ1v) is 3.91. The van der Waals surface area contributed by atoms with Crippen molar-refractivity contribution < 1.29 is 4.74 Å². The van der Waals surface area contributed by atoms with Crippen molar-refractivity contribution in [1.82, 2.24) is 4.31 Å². The minimum atomic E-state index is 0.744. The molecule has 1 aliphatic heterocycles. The van der Waals surface area contributed by atoms with Gasteiger partial charge in [0.2, 0.25) is 0 Å². The van der Waals surface area contributed by atoms with E-state index in [0.717, 1.165) is 19.9 Å². The molecule has 0 aliphatic carbocycles. The number of hydrogen-bond donors (Lipinski definition) is 0. The second kappa shape index (κ2) is 3.93. The minimum Gasteiger partial charge on any atom is -0.366 e. The fourth-order valence-corrected chi connectivity index (χ4v) is 1.26. The molecule has 1 heterocycles. The summed E-state index contributed by atoms with van der Waals surface area (Å²) in [6, 6.07) is 0. The van der Waals surface area contributed by atoms with E-state index in [9.17, 15) is 0 Å². The van der Waals surface area contributed by atoms with Crippen molar-refractivity contribution in [3.05, 3.63) is 11.5 Å². The molecule has 0 N–H and O–H groups in total. The van der Waals surface area contributed by atoms with Crippen LogP contribution in [0.5, 0.6) is 0 Å². The van der Waals surface area contributed by atoms with Crippen LogP contribution < -0.4 is 0 Å². The quantitative estimate of drug-likeness (QED) is 0.558. The van der Waals surface area contributed by atoms with Gasteiger partial charge in [0.25, 0.3) is 0 Å². The van der Waals surface area contributed by atoms with Crippen LogP contribution in [0, 0.1) is 0 Å². The van der Waals surface area contributed by atoms with E-state index in [-0.39, 0.29) is 0 Å². The van der Waals surface area contributed by atoms with Crippen LogP contribution in [0.15, 0.2) is 11.5 Å². The first-order chi connectivity index (χ1) is 4.43. The lowest BCUT2D eigenvalue weighted by atomic mass is 10.6. The first kappa shape index (κ1) is 7.12. The molecule has 0 atom stereocenters. The SMILES string of the molecule is CCOCN1CC=CS1. The topological polar surface area (TPSA) is 12.5 Å². The molecule has 0 unspecified atom stereocenters. The number of hydrogen-bond acceptors (Lipinski definition) is 3. The van der Waals surface area contributed by atoms with Crippen molar-refractivity contribution in [3.63, 3.8) is 0 Å². The summed E-state index contributed by atoms with van der Waals surface area (Å²) >= 11 is 1.71. The molecule has 1 aliphatic rings. The highest BCUT2D eigenvalue weighted by atomic mass is 32.2. The smallest absolute Gasteiger partial charge is 0.109 e. The Kier molecular flexibility index (Phi) is 3.11. The van der Waals surface area contributed by atoms with Gasteiger partial charge in [0, 0.05) is 13.2 Å². The molecule has 2 nitrogen and oxygen atoms in total. The molecule has 0 saturated heterocycles. The monoisotopic (exact) mass is 145 g/mol. The molecule has 0 saturated carbocycles. The van der Waals surface area contributed by atoms with Gasteiger partial charge in [-0.25, -0.2) is 4.31 Å². The van der Waals surface area contributed by atoms with Gasteiger partial charge in [-0.1, -0.05) is 6.08 Å². The highest BCUT2D eigenvalue weighted by Gasteiger charge is 2.04. The van der Waals surface area contributed by atoms with Crippen molar-refractivity contribution >= 4 is 11.9 Å². The van der Waals surface area contributed by atoms with Gasteiger partial charge >= 0.3 is 0 Å². The van der Waals surface area contributed by atoms with Gasteiger partial charge in [0.15, 0.2) is 0 Å². The summed E-state index contributed by atoms with van der Waals surface area (Å²) in [4.78, 5) is 0. The van der Waals surface area contributed by atoms with E-state index >= 15 is 0 Å². The molecule has 0 aromatic carbocycles. The molecule has 0 aromatic heterocycles. The van der Waals surface area contributed by atoms with Crippen LogP contribution in [-0.4, -0.2) is 24.2 Å². The molecule has 0 fully saturated rings. The average molecular weight is 145 g/mol. The van der Waals surface area contributed by atoms with Crippen molar-refractivity contribution in [1.29, 1.82) is 0 Å². The summed E-state index contributed by atoms with van der Waals surface area (Å²) in [5, 5.41) is 2.08. The van der Waals surface area contributed by atoms with E-state index in [1.54, 1.807) is 11.9 Å². The Hall–Kier alpha value is 0.01000. The van der Waals surface area contributed by atoms with Gasteiger partial charge in [0.1, 0.15) is 6.73 Å². The van der Waals surface area contributed by atoms with E-state index in [0.29, 0.717) is 0 Å². The second-order valence-corrected chi connectivity index (χ2v) is 2.76. The molecule has 0 amide bonds. The van der Waals surface area contributed by atoms with Crippen molar-refractivity contribution in [2.24, 2.45) is 0 Å². The second-order valence-electron chi connectivity index (χ2n) is 1.76. The van der Waals surface area contributed by atoms with Gasteiger partial charge in [0.05, 0.1) is 0 Å². The van der Waals surface area contributed by atoms with Crippen molar-refractivity contribution in [3.8, 4) is 0 Å². The predicted octanol–water partition coefficient (Wildman–Crippen LogP) is 1.46. The number of ether oxygens (including phenoxy) is 1. The average Bonchev–Trinajstić information content (AvgIpc) is 2.34. The summed E-state index contributed by atoms with van der Waals surface area (Å²) in [5.41, 5.74) is 0. The van der Waals surface area contributed by atoms with Crippen LogP contribution in [0.3, 0.4) is 0 Å². The van der Waals surface area contributed by atoms with Gasteiger partial charge < -0.3 is 4.74 Å². The summed E-state index contributed by atoms with van der Waals surface area (Å²) < 4.78 is 7.34. The third-order valence-corrected chi connectivity index (χ3v) is 1.92. The van der Waals surface area contributed by atoms with Gasteiger partial charge in [-0.05, 0) is 24.3 Å². The van der Waals surface area contributed by atoms with Crippen LogP contribution in [0.4, 0.5) is 0 Å². The van der Waals surface area contributed by atoms with E-state index in [1.807, 2.05) is 6.92 Å². The zero-order valence-corrected chi connectivity index (χ0v) is 6.36. The molecule has 1 rings (SSSR count). The molecular formula is C6H11NOS. The zero-order chi connectivity index (χ0) is 6.53. The molecule has 9 heavy (non-hydrogen) atoms. The lowest BCUT2D eigenvalue weighted by molar-refractivity contribution is 0.0920. The molecule has 52 valence electrons. The van der Waals surface area contributed by atoms with E-state index in [4.69, 9.17) is 4.74 Å². The molecule has 3 heteroatoms. The number of nitrogens with zero attached hydrogens (tertiary/aromatic N) is 1. The third-order valence-electron chi connectivity index (χ3n) is 1.05. The zero-order valence-electron chi connectivity index (χ0n) is 5.54. The summed E-state index contributed by atoms with van der Waals surface area (Å²) in [5.74, 6) is 0. The van der Waals surface area contributed by atoms with E-state index in [2.05, 4.69) is 15.8 Å². The van der Waals surface area contributed by atoms with Crippen LogP contribution >= 0.6 is 11.9 Å². The largest absolute Gasteiger partial charge is 0.366 e. The Balaban J connectivity index is 2.01. The van der Waals surface area contributed by atoms with Crippen LogP contribution in [0.2, 0.25) is 0 Å². The predicted molar refractivity (Wildman–Crippen MR) is 39.9 cm³/mol. The Bertz CT molecular complexity index is 97.2. The Morgan fingerprint density at radius 2 is 2.67 bits per heavy atom. The fraction of sp³-hybridized carbons (Fsp3) is 0.667. The molecule has 0 spiro atoms. The maximum Gasteiger partial charge on any atom is 0.109 e. The maximum atomic E-state index is 5.18. The summed E-state index contributed by atoms with van der Waals surface area (Å²) in [6.07, 6.45) is 2.13. The normalized spacial score (nSPS) is 19.2. The highest BCUT2D eigenvalue weighted by molar-refractivity contribution is 8.00. The first-order valence-electron chi connectivity index (χ1n) is 3.08. The fourth-order valence-electron chi connectivity index (χ4n) is 0.609. The molecule has 0 radical (unpaired) electrons. The standard InChI is InChI=1S/C6H11NOS/c1-2-8-6-7-4-3-5-9-7/h3,5H,2,4,6H2,1H3.